The maximum atomic E-state index is 12.3. The number of halogens is 1. The summed E-state index contributed by atoms with van der Waals surface area (Å²) in [6.07, 6.45) is 1.55. The van der Waals surface area contributed by atoms with E-state index in [1.165, 1.54) is 0 Å². The third-order valence-electron chi connectivity index (χ3n) is 2.60. The molecule has 4 nitrogen and oxygen atoms in total. The van der Waals surface area contributed by atoms with Gasteiger partial charge in [0, 0.05) is 23.6 Å². The van der Waals surface area contributed by atoms with Gasteiger partial charge in [0.05, 0.1) is 5.56 Å². The largest absolute Gasteiger partial charge is 0.382 e. The zero-order chi connectivity index (χ0) is 14.5. The molecule has 0 fully saturated rings. The molecule has 0 saturated carbocycles. The number of carbonyl (C=O) groups excluding carboxylic acids is 1. The van der Waals surface area contributed by atoms with Crippen LogP contribution in [0.1, 0.15) is 24.2 Å². The minimum absolute atomic E-state index is 0.184. The first-order chi connectivity index (χ1) is 9.56. The van der Waals surface area contributed by atoms with E-state index in [1.807, 2.05) is 32.0 Å². The van der Waals surface area contributed by atoms with Crippen LogP contribution in [0.15, 0.2) is 42.6 Å². The number of benzene rings is 1. The summed E-state index contributed by atoms with van der Waals surface area (Å²) >= 11 is 5.80. The van der Waals surface area contributed by atoms with E-state index in [-0.39, 0.29) is 11.9 Å². The molecule has 0 atom stereocenters. The second-order valence-corrected chi connectivity index (χ2v) is 5.05. The predicted octanol–water partition coefficient (Wildman–Crippen LogP) is 3.81. The van der Waals surface area contributed by atoms with Crippen molar-refractivity contribution >= 4 is 28.9 Å². The van der Waals surface area contributed by atoms with E-state index in [9.17, 15) is 4.79 Å². The number of rotatable bonds is 4. The summed E-state index contributed by atoms with van der Waals surface area (Å²) in [6.45, 7) is 4.05. The molecule has 0 aliphatic heterocycles. The van der Waals surface area contributed by atoms with Crippen molar-refractivity contribution in [3.8, 4) is 0 Å². The van der Waals surface area contributed by atoms with E-state index in [0.29, 0.717) is 16.4 Å². The normalized spacial score (nSPS) is 10.4. The number of nitrogens with one attached hydrogen (secondary N) is 2. The van der Waals surface area contributed by atoms with Crippen LogP contribution in [0.2, 0.25) is 5.15 Å². The maximum absolute atomic E-state index is 12.3. The van der Waals surface area contributed by atoms with Gasteiger partial charge in [0.2, 0.25) is 0 Å². The van der Waals surface area contributed by atoms with Crippen LogP contribution in [0.3, 0.4) is 0 Å². The molecule has 1 aromatic heterocycles. The van der Waals surface area contributed by atoms with Crippen molar-refractivity contribution in [3.63, 3.8) is 0 Å². The lowest BCUT2D eigenvalue weighted by molar-refractivity contribution is 0.102. The summed E-state index contributed by atoms with van der Waals surface area (Å²) in [7, 11) is 0. The Hall–Kier alpha value is -2.07. The van der Waals surface area contributed by atoms with Crippen molar-refractivity contribution in [2.45, 2.75) is 19.9 Å². The molecule has 0 aliphatic rings. The van der Waals surface area contributed by atoms with Crippen molar-refractivity contribution in [3.05, 3.63) is 53.3 Å². The third kappa shape index (κ3) is 3.71. The molecule has 5 heteroatoms. The minimum atomic E-state index is -0.184. The molecule has 0 saturated heterocycles. The van der Waals surface area contributed by atoms with Crippen molar-refractivity contribution in [2.24, 2.45) is 0 Å². The highest BCUT2D eigenvalue weighted by Crippen LogP contribution is 2.19. The van der Waals surface area contributed by atoms with Gasteiger partial charge in [-0.25, -0.2) is 4.98 Å². The average Bonchev–Trinajstić information content (AvgIpc) is 2.38. The van der Waals surface area contributed by atoms with Crippen LogP contribution < -0.4 is 10.6 Å². The van der Waals surface area contributed by atoms with Crippen LogP contribution in [0.25, 0.3) is 0 Å². The van der Waals surface area contributed by atoms with Crippen molar-refractivity contribution < 1.29 is 4.79 Å². The Bertz CT molecular complexity index is 614. The Labute approximate surface area is 123 Å². The molecule has 2 rings (SSSR count). The first kappa shape index (κ1) is 14.3. The van der Waals surface area contributed by atoms with Crippen LogP contribution in [0.5, 0.6) is 0 Å². The smallest absolute Gasteiger partial charge is 0.257 e. The second-order valence-electron chi connectivity index (χ2n) is 4.67. The first-order valence-corrected chi connectivity index (χ1v) is 6.72. The van der Waals surface area contributed by atoms with Gasteiger partial charge in [0.1, 0.15) is 5.15 Å². The van der Waals surface area contributed by atoms with Gasteiger partial charge in [-0.3, -0.25) is 4.79 Å². The van der Waals surface area contributed by atoms with E-state index in [4.69, 9.17) is 11.6 Å². The van der Waals surface area contributed by atoms with Gasteiger partial charge in [-0.05, 0) is 38.1 Å². The van der Waals surface area contributed by atoms with Gasteiger partial charge in [0.25, 0.3) is 5.91 Å². The molecule has 2 N–H and O–H groups in total. The fourth-order valence-corrected chi connectivity index (χ4v) is 1.97. The molecular weight excluding hydrogens is 274 g/mol. The van der Waals surface area contributed by atoms with Crippen molar-refractivity contribution in [2.75, 3.05) is 10.6 Å². The fourth-order valence-electron chi connectivity index (χ4n) is 1.80. The zero-order valence-corrected chi connectivity index (χ0v) is 12.1. The topological polar surface area (TPSA) is 54.0 Å². The minimum Gasteiger partial charge on any atom is -0.382 e. The lowest BCUT2D eigenvalue weighted by atomic mass is 10.1. The molecule has 0 aliphatic carbocycles. The predicted molar refractivity (Wildman–Crippen MR) is 82.4 cm³/mol. The van der Waals surface area contributed by atoms with Crippen LogP contribution in [-0.2, 0) is 0 Å². The molecule has 0 radical (unpaired) electrons. The average molecular weight is 290 g/mol. The SMILES string of the molecule is CC(C)Nc1ccccc1C(=O)Nc1ccnc(Cl)c1. The van der Waals surface area contributed by atoms with Crippen molar-refractivity contribution in [1.82, 2.24) is 4.98 Å². The molecule has 0 unspecified atom stereocenters. The maximum Gasteiger partial charge on any atom is 0.257 e. The number of hydrogen-bond acceptors (Lipinski definition) is 3. The van der Waals surface area contributed by atoms with Gasteiger partial charge in [-0.1, -0.05) is 23.7 Å². The highest BCUT2D eigenvalue weighted by molar-refractivity contribution is 6.29. The van der Waals surface area contributed by atoms with Gasteiger partial charge in [-0.2, -0.15) is 0 Å². The Kier molecular flexibility index (Phi) is 4.58. The van der Waals surface area contributed by atoms with E-state index < -0.39 is 0 Å². The van der Waals surface area contributed by atoms with E-state index in [0.717, 1.165) is 5.69 Å². The standard InChI is InChI=1S/C15H16ClN3O/c1-10(2)18-13-6-4-3-5-12(13)15(20)19-11-7-8-17-14(16)9-11/h3-10,18H,1-2H3,(H,17,19,20). The number of nitrogens with zero attached hydrogens (tertiary/aromatic N) is 1. The van der Waals surface area contributed by atoms with Crippen LogP contribution in [-0.4, -0.2) is 16.9 Å². The summed E-state index contributed by atoms with van der Waals surface area (Å²) in [4.78, 5) is 16.2. The van der Waals surface area contributed by atoms with E-state index >= 15 is 0 Å². The molecule has 0 spiro atoms. The number of anilines is 2. The molecule has 2 aromatic rings. The highest BCUT2D eigenvalue weighted by Gasteiger charge is 2.11. The fraction of sp³-hybridized carbons (Fsp3) is 0.200. The first-order valence-electron chi connectivity index (χ1n) is 6.34. The third-order valence-corrected chi connectivity index (χ3v) is 2.81. The van der Waals surface area contributed by atoms with Gasteiger partial charge in [-0.15, -0.1) is 0 Å². The number of para-hydroxylation sites is 1. The summed E-state index contributed by atoms with van der Waals surface area (Å²) < 4.78 is 0. The Morgan fingerprint density at radius 1 is 1.25 bits per heavy atom. The Balaban J connectivity index is 2.21. The van der Waals surface area contributed by atoms with Gasteiger partial charge < -0.3 is 10.6 Å². The number of aromatic nitrogens is 1. The lowest BCUT2D eigenvalue weighted by Crippen LogP contribution is -2.17. The molecular formula is C15H16ClN3O. The van der Waals surface area contributed by atoms with Crippen LogP contribution >= 0.6 is 11.6 Å². The summed E-state index contributed by atoms with van der Waals surface area (Å²) in [5, 5.41) is 6.41. The molecule has 104 valence electrons. The Morgan fingerprint density at radius 3 is 2.70 bits per heavy atom. The van der Waals surface area contributed by atoms with Crippen LogP contribution in [0.4, 0.5) is 11.4 Å². The second kappa shape index (κ2) is 6.39. The molecule has 20 heavy (non-hydrogen) atoms. The molecule has 1 amide bonds. The Morgan fingerprint density at radius 2 is 2.00 bits per heavy atom. The van der Waals surface area contributed by atoms with Crippen LogP contribution in [0, 0.1) is 0 Å². The number of pyridine rings is 1. The quantitative estimate of drug-likeness (QED) is 0.842. The van der Waals surface area contributed by atoms with E-state index in [1.54, 1.807) is 24.4 Å². The number of carbonyl (C=O) groups is 1. The van der Waals surface area contributed by atoms with Gasteiger partial charge in [0.15, 0.2) is 0 Å². The molecule has 1 heterocycles. The lowest BCUT2D eigenvalue weighted by Gasteiger charge is -2.14. The van der Waals surface area contributed by atoms with E-state index in [2.05, 4.69) is 15.6 Å². The summed E-state index contributed by atoms with van der Waals surface area (Å²) in [6, 6.07) is 10.9. The summed E-state index contributed by atoms with van der Waals surface area (Å²) in [5.74, 6) is -0.184. The molecule has 1 aromatic carbocycles. The zero-order valence-electron chi connectivity index (χ0n) is 11.4. The van der Waals surface area contributed by atoms with Gasteiger partial charge >= 0.3 is 0 Å². The number of amides is 1. The number of hydrogen-bond donors (Lipinski definition) is 2. The highest BCUT2D eigenvalue weighted by atomic mass is 35.5. The molecule has 0 bridgehead atoms. The monoisotopic (exact) mass is 289 g/mol. The summed E-state index contributed by atoms with van der Waals surface area (Å²) in [5.41, 5.74) is 2.02. The van der Waals surface area contributed by atoms with Crippen molar-refractivity contribution in [1.29, 1.82) is 0 Å².